The van der Waals surface area contributed by atoms with Crippen LogP contribution < -0.4 is 0 Å². The molecule has 1 amide bonds. The van der Waals surface area contributed by atoms with E-state index in [0.29, 0.717) is 13.0 Å². The highest BCUT2D eigenvalue weighted by Gasteiger charge is 2.48. The Kier molecular flexibility index (Phi) is 4.79. The maximum Gasteiger partial charge on any atom is 0.412 e. The Morgan fingerprint density at radius 1 is 1.27 bits per heavy atom. The number of rotatable bonds is 2. The van der Waals surface area contributed by atoms with E-state index in [1.54, 1.807) is 4.90 Å². The van der Waals surface area contributed by atoms with E-state index >= 15 is 0 Å². The molecule has 5 heteroatoms. The van der Waals surface area contributed by atoms with Crippen molar-refractivity contribution in [1.82, 2.24) is 4.90 Å². The number of hydrogen-bond donors (Lipinski definition) is 1. The molecule has 2 fully saturated rings. The van der Waals surface area contributed by atoms with Gasteiger partial charge in [0, 0.05) is 0 Å². The molecule has 1 unspecified atom stereocenters. The average Bonchev–Trinajstić information content (AvgIpc) is 2.62. The first-order chi connectivity index (χ1) is 10.0. The number of carbonyl (C=O) groups is 1. The molecule has 0 spiro atoms. The van der Waals surface area contributed by atoms with Gasteiger partial charge in [0.15, 0.2) is 0 Å². The fraction of sp³-hybridized carbons (Fsp3) is 0.941. The standard InChI is InChI=1S/C17H31NO4/c1-15(2,3)22-14(19)18-13(12-21-16(18,4)5)11-17(20)9-7-6-8-10-17/h13,20H,6-12H2,1-5H3. The predicted molar refractivity (Wildman–Crippen MR) is 84.5 cm³/mol. The minimum Gasteiger partial charge on any atom is -0.444 e. The van der Waals surface area contributed by atoms with Gasteiger partial charge in [-0.05, 0) is 53.9 Å². The first kappa shape index (κ1) is 17.5. The predicted octanol–water partition coefficient (Wildman–Crippen LogP) is 3.44. The summed E-state index contributed by atoms with van der Waals surface area (Å²) < 4.78 is 11.3. The third-order valence-electron chi connectivity index (χ3n) is 4.56. The third-order valence-corrected chi connectivity index (χ3v) is 4.56. The normalized spacial score (nSPS) is 27.7. The summed E-state index contributed by atoms with van der Waals surface area (Å²) in [5.41, 5.74) is -1.91. The molecule has 0 aromatic rings. The summed E-state index contributed by atoms with van der Waals surface area (Å²) in [5, 5.41) is 10.8. The van der Waals surface area contributed by atoms with E-state index in [4.69, 9.17) is 9.47 Å². The Balaban J connectivity index is 2.10. The largest absolute Gasteiger partial charge is 0.444 e. The number of aliphatic hydroxyl groups is 1. The minimum atomic E-state index is -0.696. The Morgan fingerprint density at radius 2 is 1.86 bits per heavy atom. The van der Waals surface area contributed by atoms with Crippen molar-refractivity contribution in [2.45, 2.75) is 96.1 Å². The second-order valence-electron chi connectivity index (χ2n) is 8.25. The van der Waals surface area contributed by atoms with Crippen molar-refractivity contribution in [2.75, 3.05) is 6.61 Å². The summed E-state index contributed by atoms with van der Waals surface area (Å²) in [4.78, 5) is 14.2. The van der Waals surface area contributed by atoms with Crippen LogP contribution in [0.4, 0.5) is 4.79 Å². The first-order valence-corrected chi connectivity index (χ1v) is 8.41. The Morgan fingerprint density at radius 3 is 2.41 bits per heavy atom. The molecule has 0 aromatic carbocycles. The lowest BCUT2D eigenvalue weighted by Crippen LogP contribution is -2.52. The lowest BCUT2D eigenvalue weighted by molar-refractivity contribution is -0.0687. The van der Waals surface area contributed by atoms with Crippen LogP contribution in [0.25, 0.3) is 0 Å². The number of nitrogens with zero attached hydrogens (tertiary/aromatic N) is 1. The van der Waals surface area contributed by atoms with Gasteiger partial charge in [-0.15, -0.1) is 0 Å². The monoisotopic (exact) mass is 313 g/mol. The van der Waals surface area contributed by atoms with E-state index in [1.807, 2.05) is 34.6 Å². The van der Waals surface area contributed by atoms with Crippen molar-refractivity contribution in [2.24, 2.45) is 0 Å². The summed E-state index contributed by atoms with van der Waals surface area (Å²) in [5.74, 6) is 0. The SMILES string of the molecule is CC(C)(C)OC(=O)N1C(CC2(O)CCCCC2)COC1(C)C. The van der Waals surface area contributed by atoms with Gasteiger partial charge in [0.25, 0.3) is 0 Å². The molecule has 0 aromatic heterocycles. The molecule has 0 bridgehead atoms. The topological polar surface area (TPSA) is 59.0 Å². The number of carbonyl (C=O) groups excluding carboxylic acids is 1. The molecule has 1 aliphatic heterocycles. The van der Waals surface area contributed by atoms with Crippen LogP contribution in [0.5, 0.6) is 0 Å². The Bertz CT molecular complexity index is 407. The van der Waals surface area contributed by atoms with Gasteiger partial charge in [-0.2, -0.15) is 0 Å². The van der Waals surface area contributed by atoms with Crippen molar-refractivity contribution >= 4 is 6.09 Å². The smallest absolute Gasteiger partial charge is 0.412 e. The van der Waals surface area contributed by atoms with E-state index in [0.717, 1.165) is 25.7 Å². The molecule has 1 aliphatic carbocycles. The van der Waals surface area contributed by atoms with E-state index in [9.17, 15) is 9.90 Å². The first-order valence-electron chi connectivity index (χ1n) is 8.41. The summed E-state index contributed by atoms with van der Waals surface area (Å²) in [7, 11) is 0. The van der Waals surface area contributed by atoms with Crippen LogP contribution in [0, 0.1) is 0 Å². The fourth-order valence-corrected chi connectivity index (χ4v) is 3.57. The van der Waals surface area contributed by atoms with Gasteiger partial charge in [0.2, 0.25) is 0 Å². The molecule has 1 saturated carbocycles. The molecule has 128 valence electrons. The van der Waals surface area contributed by atoms with Crippen LogP contribution >= 0.6 is 0 Å². The lowest BCUT2D eigenvalue weighted by atomic mass is 9.80. The zero-order chi connectivity index (χ0) is 16.6. The fourth-order valence-electron chi connectivity index (χ4n) is 3.57. The van der Waals surface area contributed by atoms with Crippen LogP contribution in [0.2, 0.25) is 0 Å². The molecule has 1 saturated heterocycles. The highest BCUT2D eigenvalue weighted by molar-refractivity contribution is 5.69. The summed E-state index contributed by atoms with van der Waals surface area (Å²) in [6, 6.07) is -0.132. The van der Waals surface area contributed by atoms with Crippen LogP contribution in [-0.4, -0.2) is 45.7 Å². The van der Waals surface area contributed by atoms with E-state index < -0.39 is 16.9 Å². The summed E-state index contributed by atoms with van der Waals surface area (Å²) in [6.07, 6.45) is 5.12. The van der Waals surface area contributed by atoms with Crippen LogP contribution in [0.15, 0.2) is 0 Å². The maximum atomic E-state index is 12.6. The van der Waals surface area contributed by atoms with Crippen LogP contribution in [0.3, 0.4) is 0 Å². The van der Waals surface area contributed by atoms with Gasteiger partial charge in [-0.25, -0.2) is 4.79 Å². The highest BCUT2D eigenvalue weighted by Crippen LogP contribution is 2.38. The molecule has 1 atom stereocenters. The second kappa shape index (κ2) is 6.00. The van der Waals surface area contributed by atoms with Gasteiger partial charge in [0.05, 0.1) is 18.2 Å². The highest BCUT2D eigenvalue weighted by atomic mass is 16.6. The Labute approximate surface area is 134 Å². The lowest BCUT2D eigenvalue weighted by Gasteiger charge is -2.39. The zero-order valence-electron chi connectivity index (χ0n) is 14.6. The van der Waals surface area contributed by atoms with Crippen molar-refractivity contribution in [3.8, 4) is 0 Å². The molecule has 0 radical (unpaired) electrons. The zero-order valence-corrected chi connectivity index (χ0v) is 14.6. The van der Waals surface area contributed by atoms with Gasteiger partial charge >= 0.3 is 6.09 Å². The second-order valence-corrected chi connectivity index (χ2v) is 8.25. The molecular weight excluding hydrogens is 282 g/mol. The molecule has 2 rings (SSSR count). The molecule has 2 aliphatic rings. The van der Waals surface area contributed by atoms with Crippen LogP contribution in [-0.2, 0) is 9.47 Å². The average molecular weight is 313 g/mol. The van der Waals surface area contributed by atoms with Crippen molar-refractivity contribution in [3.05, 3.63) is 0 Å². The molecule has 1 heterocycles. The van der Waals surface area contributed by atoms with Gasteiger partial charge < -0.3 is 14.6 Å². The van der Waals surface area contributed by atoms with Crippen molar-refractivity contribution in [1.29, 1.82) is 0 Å². The van der Waals surface area contributed by atoms with E-state index in [1.165, 1.54) is 6.42 Å². The van der Waals surface area contributed by atoms with E-state index in [2.05, 4.69) is 0 Å². The maximum absolute atomic E-state index is 12.6. The number of hydrogen-bond acceptors (Lipinski definition) is 4. The minimum absolute atomic E-state index is 0.132. The van der Waals surface area contributed by atoms with Gasteiger partial charge in [0.1, 0.15) is 11.3 Å². The summed E-state index contributed by atoms with van der Waals surface area (Å²) >= 11 is 0. The van der Waals surface area contributed by atoms with Crippen molar-refractivity contribution < 1.29 is 19.4 Å². The molecular formula is C17H31NO4. The van der Waals surface area contributed by atoms with Gasteiger partial charge in [-0.1, -0.05) is 19.3 Å². The van der Waals surface area contributed by atoms with E-state index in [-0.39, 0.29) is 12.1 Å². The van der Waals surface area contributed by atoms with Crippen LogP contribution in [0.1, 0.15) is 73.1 Å². The van der Waals surface area contributed by atoms with Gasteiger partial charge in [-0.3, -0.25) is 4.90 Å². The van der Waals surface area contributed by atoms with Crippen molar-refractivity contribution in [3.63, 3.8) is 0 Å². The molecule has 22 heavy (non-hydrogen) atoms. The number of ether oxygens (including phenoxy) is 2. The third kappa shape index (κ3) is 4.13. The Hall–Kier alpha value is -0.810. The number of amides is 1. The molecule has 1 N–H and O–H groups in total. The molecule has 5 nitrogen and oxygen atoms in total. The summed E-state index contributed by atoms with van der Waals surface area (Å²) in [6.45, 7) is 9.79. The quantitative estimate of drug-likeness (QED) is 0.848.